The minimum absolute atomic E-state index is 0.434. The Labute approximate surface area is 142 Å². The van der Waals surface area contributed by atoms with Gasteiger partial charge in [0.15, 0.2) is 0 Å². The fraction of sp³-hybridized carbons (Fsp3) is 0.389. The number of hydrogen-bond donors (Lipinski definition) is 3. The number of alkyl carbamates (subject to hydrolysis) is 1. The molecule has 3 N–H and O–H groups in total. The zero-order chi connectivity index (χ0) is 18.5. The van der Waals surface area contributed by atoms with Crippen LogP contribution in [0.15, 0.2) is 18.2 Å². The van der Waals surface area contributed by atoms with Crippen LogP contribution in [0.1, 0.15) is 43.0 Å². The molecule has 6 nitrogen and oxygen atoms in total. The van der Waals surface area contributed by atoms with Crippen LogP contribution in [0.3, 0.4) is 0 Å². The molecule has 0 atom stereocenters. The highest BCUT2D eigenvalue weighted by molar-refractivity contribution is 6.06. The highest BCUT2D eigenvalue weighted by Gasteiger charge is 2.17. The maximum absolute atomic E-state index is 11.9. The van der Waals surface area contributed by atoms with Gasteiger partial charge in [-0.1, -0.05) is 17.7 Å². The first-order valence-electron chi connectivity index (χ1n) is 7.63. The second-order valence-electron chi connectivity index (χ2n) is 6.64. The van der Waals surface area contributed by atoms with Gasteiger partial charge in [0.05, 0.1) is 0 Å². The Morgan fingerprint density at radius 3 is 2.12 bits per heavy atom. The number of carbonyl (C=O) groups excluding carboxylic acids is 2. The fourth-order valence-corrected chi connectivity index (χ4v) is 2.21. The lowest BCUT2D eigenvalue weighted by Crippen LogP contribution is -2.44. The van der Waals surface area contributed by atoms with E-state index in [2.05, 4.69) is 10.6 Å². The van der Waals surface area contributed by atoms with Gasteiger partial charge in [-0.05, 0) is 64.3 Å². The van der Waals surface area contributed by atoms with Gasteiger partial charge in [-0.25, -0.2) is 4.79 Å². The average molecular weight is 331 g/mol. The molecule has 6 heteroatoms. The summed E-state index contributed by atoms with van der Waals surface area (Å²) in [5.74, 6) is -0.938. The number of amides is 2. The molecule has 1 aromatic rings. The van der Waals surface area contributed by atoms with E-state index in [4.69, 9.17) is 10.1 Å². The predicted octanol–water partition coefficient (Wildman–Crippen LogP) is 3.20. The number of benzene rings is 1. The minimum atomic E-state index is -0.790. The van der Waals surface area contributed by atoms with Crippen LogP contribution in [-0.4, -0.2) is 23.6 Å². The van der Waals surface area contributed by atoms with Crippen molar-refractivity contribution in [3.8, 4) is 0 Å². The molecule has 1 rings (SSSR count). The van der Waals surface area contributed by atoms with Gasteiger partial charge in [0.2, 0.25) is 5.96 Å². The van der Waals surface area contributed by atoms with E-state index in [1.165, 1.54) is 6.08 Å². The summed E-state index contributed by atoms with van der Waals surface area (Å²) in [6, 6.07) is 4.08. The number of hydrogen-bond acceptors (Lipinski definition) is 4. The number of aryl methyl sites for hydroxylation is 3. The lowest BCUT2D eigenvalue weighted by molar-refractivity contribution is -0.115. The van der Waals surface area contributed by atoms with E-state index in [1.54, 1.807) is 26.8 Å². The first kappa shape index (κ1) is 19.4. The third-order valence-electron chi connectivity index (χ3n) is 3.01. The van der Waals surface area contributed by atoms with Crippen LogP contribution in [0.2, 0.25) is 0 Å². The standard InChI is InChI=1S/C18H25N3O3/c1-11-9-12(2)14(13(3)10-11)7-8-15(22)20-16(19)21-17(23)24-18(4,5)6/h7-10H,1-6H3,(H3,19,20,21,22,23)/b8-7+. The number of ether oxygens (including phenoxy) is 1. The monoisotopic (exact) mass is 331 g/mol. The van der Waals surface area contributed by atoms with Crippen molar-refractivity contribution in [1.29, 1.82) is 5.41 Å². The van der Waals surface area contributed by atoms with Crippen molar-refractivity contribution in [2.45, 2.75) is 47.1 Å². The normalized spacial score (nSPS) is 11.2. The van der Waals surface area contributed by atoms with E-state index >= 15 is 0 Å². The molecule has 0 aromatic heterocycles. The molecule has 0 saturated carbocycles. The highest BCUT2D eigenvalue weighted by atomic mass is 16.6. The molecular formula is C18H25N3O3. The first-order chi connectivity index (χ1) is 11.0. The van der Waals surface area contributed by atoms with E-state index in [1.807, 2.05) is 32.9 Å². The Kier molecular flexibility index (Phi) is 6.28. The fourth-order valence-electron chi connectivity index (χ4n) is 2.21. The Morgan fingerprint density at radius 1 is 1.08 bits per heavy atom. The molecule has 0 unspecified atom stereocenters. The van der Waals surface area contributed by atoms with Crippen molar-refractivity contribution in [2.75, 3.05) is 0 Å². The van der Waals surface area contributed by atoms with Crippen LogP contribution in [-0.2, 0) is 9.53 Å². The summed E-state index contributed by atoms with van der Waals surface area (Å²) in [6.45, 7) is 11.1. The third kappa shape index (κ3) is 6.64. The summed E-state index contributed by atoms with van der Waals surface area (Å²) in [5, 5.41) is 12.0. The van der Waals surface area contributed by atoms with Crippen LogP contribution in [0.5, 0.6) is 0 Å². The van der Waals surface area contributed by atoms with Gasteiger partial charge in [0, 0.05) is 6.08 Å². The second kappa shape index (κ2) is 7.77. The smallest absolute Gasteiger partial charge is 0.414 e. The quantitative estimate of drug-likeness (QED) is 0.441. The zero-order valence-electron chi connectivity index (χ0n) is 15.0. The van der Waals surface area contributed by atoms with Crippen molar-refractivity contribution < 1.29 is 14.3 Å². The average Bonchev–Trinajstić information content (AvgIpc) is 2.34. The van der Waals surface area contributed by atoms with Gasteiger partial charge in [-0.3, -0.25) is 20.8 Å². The molecule has 0 fully saturated rings. The Hall–Kier alpha value is -2.63. The van der Waals surface area contributed by atoms with Gasteiger partial charge >= 0.3 is 6.09 Å². The van der Waals surface area contributed by atoms with Crippen LogP contribution in [0.4, 0.5) is 4.79 Å². The molecule has 0 saturated heterocycles. The van der Waals surface area contributed by atoms with Gasteiger partial charge in [-0.2, -0.15) is 0 Å². The van der Waals surface area contributed by atoms with E-state index in [0.29, 0.717) is 0 Å². The Bertz CT molecular complexity index is 662. The largest absolute Gasteiger partial charge is 0.444 e. The van der Waals surface area contributed by atoms with Crippen LogP contribution in [0.25, 0.3) is 6.08 Å². The van der Waals surface area contributed by atoms with Crippen molar-refractivity contribution in [1.82, 2.24) is 10.6 Å². The van der Waals surface area contributed by atoms with Crippen molar-refractivity contribution >= 4 is 24.0 Å². The van der Waals surface area contributed by atoms with Gasteiger partial charge in [0.1, 0.15) is 5.60 Å². The summed E-state index contributed by atoms with van der Waals surface area (Å²) in [7, 11) is 0. The molecule has 0 aliphatic heterocycles. The molecule has 2 amide bonds. The predicted molar refractivity (Wildman–Crippen MR) is 94.9 cm³/mol. The molecule has 0 heterocycles. The van der Waals surface area contributed by atoms with E-state index < -0.39 is 23.6 Å². The van der Waals surface area contributed by atoms with Crippen LogP contribution in [0, 0.1) is 26.2 Å². The number of guanidine groups is 1. The van der Waals surface area contributed by atoms with Gasteiger partial charge in [-0.15, -0.1) is 0 Å². The number of nitrogens with one attached hydrogen (secondary N) is 3. The van der Waals surface area contributed by atoms with Crippen LogP contribution < -0.4 is 10.6 Å². The molecule has 130 valence electrons. The van der Waals surface area contributed by atoms with Crippen molar-refractivity contribution in [2.24, 2.45) is 0 Å². The maximum Gasteiger partial charge on any atom is 0.414 e. The maximum atomic E-state index is 11.9. The minimum Gasteiger partial charge on any atom is -0.444 e. The molecular weight excluding hydrogens is 306 g/mol. The Morgan fingerprint density at radius 2 is 1.62 bits per heavy atom. The summed E-state index contributed by atoms with van der Waals surface area (Å²) >= 11 is 0. The summed E-state index contributed by atoms with van der Waals surface area (Å²) in [6.07, 6.45) is 2.23. The lowest BCUT2D eigenvalue weighted by Gasteiger charge is -2.19. The molecule has 1 aromatic carbocycles. The number of carbonyl (C=O) groups is 2. The third-order valence-corrected chi connectivity index (χ3v) is 3.01. The number of rotatable bonds is 2. The summed E-state index contributed by atoms with van der Waals surface area (Å²) in [5.41, 5.74) is 3.59. The highest BCUT2D eigenvalue weighted by Crippen LogP contribution is 2.17. The second-order valence-corrected chi connectivity index (χ2v) is 6.64. The van der Waals surface area contributed by atoms with E-state index in [-0.39, 0.29) is 0 Å². The molecule has 0 aliphatic rings. The van der Waals surface area contributed by atoms with E-state index in [9.17, 15) is 9.59 Å². The van der Waals surface area contributed by atoms with Gasteiger partial charge < -0.3 is 4.74 Å². The van der Waals surface area contributed by atoms with Crippen molar-refractivity contribution in [3.05, 3.63) is 40.5 Å². The molecule has 0 bridgehead atoms. The molecule has 0 aliphatic carbocycles. The first-order valence-corrected chi connectivity index (χ1v) is 7.63. The SMILES string of the molecule is Cc1cc(C)c(/C=C/C(=O)NC(=N)NC(=O)OC(C)(C)C)c(C)c1. The molecule has 0 radical (unpaired) electrons. The van der Waals surface area contributed by atoms with E-state index in [0.717, 1.165) is 22.3 Å². The zero-order valence-corrected chi connectivity index (χ0v) is 15.0. The molecule has 0 spiro atoms. The Balaban J connectivity index is 2.63. The molecule has 24 heavy (non-hydrogen) atoms. The topological polar surface area (TPSA) is 91.3 Å². The van der Waals surface area contributed by atoms with Gasteiger partial charge in [0.25, 0.3) is 5.91 Å². The van der Waals surface area contributed by atoms with Crippen LogP contribution >= 0.6 is 0 Å². The lowest BCUT2D eigenvalue weighted by atomic mass is 9.99. The van der Waals surface area contributed by atoms with Crippen molar-refractivity contribution in [3.63, 3.8) is 0 Å². The summed E-state index contributed by atoms with van der Waals surface area (Å²) in [4.78, 5) is 23.4. The summed E-state index contributed by atoms with van der Waals surface area (Å²) < 4.78 is 5.00.